The first kappa shape index (κ1) is 20.6. The van der Waals surface area contributed by atoms with E-state index in [1.165, 1.54) is 0 Å². The normalized spacial score (nSPS) is 14.6. The lowest BCUT2D eigenvalue weighted by Crippen LogP contribution is -2.32. The maximum absolute atomic E-state index is 9.42. The van der Waals surface area contributed by atoms with E-state index in [0.29, 0.717) is 41.0 Å². The summed E-state index contributed by atoms with van der Waals surface area (Å²) in [5.74, 6) is 1.99. The van der Waals surface area contributed by atoms with Crippen molar-refractivity contribution >= 4 is 23.3 Å². The third-order valence-electron chi connectivity index (χ3n) is 4.43. The van der Waals surface area contributed by atoms with E-state index < -0.39 is 6.04 Å². The predicted octanol–water partition coefficient (Wildman–Crippen LogP) is 2.10. The second-order valence-electron chi connectivity index (χ2n) is 7.02. The van der Waals surface area contributed by atoms with E-state index in [1.807, 2.05) is 18.3 Å². The fourth-order valence-electron chi connectivity index (χ4n) is 3.05. The molecule has 154 valence electrons. The second-order valence-corrected chi connectivity index (χ2v) is 7.02. The molecule has 2 heterocycles. The van der Waals surface area contributed by atoms with E-state index in [0.717, 1.165) is 0 Å². The highest BCUT2D eigenvalue weighted by Crippen LogP contribution is 2.42. The molecule has 1 atom stereocenters. The van der Waals surface area contributed by atoms with Crippen LogP contribution in [-0.2, 0) is 0 Å². The molecule has 0 saturated carbocycles. The molecule has 0 bridgehead atoms. The number of aromatic nitrogens is 1. The zero-order valence-corrected chi connectivity index (χ0v) is 16.9. The number of methoxy groups -OCH3 is 1. The van der Waals surface area contributed by atoms with Crippen LogP contribution in [0.4, 0.5) is 17.3 Å². The van der Waals surface area contributed by atoms with Crippen LogP contribution in [0.25, 0.3) is 0 Å². The van der Waals surface area contributed by atoms with Gasteiger partial charge in [-0.15, -0.1) is 0 Å². The Morgan fingerprint density at radius 1 is 1.27 bits per heavy atom. The van der Waals surface area contributed by atoms with Gasteiger partial charge >= 0.3 is 0 Å². The SMILES string of the molecule is COc1cc(C2N=C(NC#N)Nc3nc(N)c(C#N)c(N)c32)ccc1OCC(C)C. The number of pyridine rings is 1. The molecule has 0 saturated heterocycles. The molecular weight excluding hydrogens is 384 g/mol. The minimum Gasteiger partial charge on any atom is -0.493 e. The summed E-state index contributed by atoms with van der Waals surface area (Å²) in [6.07, 6.45) is 1.82. The van der Waals surface area contributed by atoms with Crippen LogP contribution in [0.3, 0.4) is 0 Å². The number of rotatable bonds is 5. The Balaban J connectivity index is 2.13. The average molecular weight is 406 g/mol. The van der Waals surface area contributed by atoms with Crippen molar-refractivity contribution in [1.82, 2.24) is 10.3 Å². The number of nitriles is 2. The molecule has 0 fully saturated rings. The topological polar surface area (TPSA) is 167 Å². The largest absolute Gasteiger partial charge is 0.493 e. The van der Waals surface area contributed by atoms with Gasteiger partial charge in [0.15, 0.2) is 17.7 Å². The Hall–Kier alpha value is -4.18. The van der Waals surface area contributed by atoms with E-state index in [2.05, 4.69) is 34.5 Å². The monoisotopic (exact) mass is 406 g/mol. The molecule has 0 amide bonds. The van der Waals surface area contributed by atoms with Gasteiger partial charge in [0.1, 0.15) is 29.3 Å². The number of benzene rings is 1. The van der Waals surface area contributed by atoms with Gasteiger partial charge in [0.05, 0.1) is 19.4 Å². The van der Waals surface area contributed by atoms with E-state index in [9.17, 15) is 5.26 Å². The van der Waals surface area contributed by atoms with Crippen LogP contribution in [0.1, 0.15) is 36.6 Å². The molecule has 2 aromatic rings. The number of nitrogens with zero attached hydrogens (tertiary/aromatic N) is 4. The van der Waals surface area contributed by atoms with Gasteiger partial charge in [0.25, 0.3) is 0 Å². The zero-order chi connectivity index (χ0) is 21.8. The number of hydrogen-bond acceptors (Lipinski definition) is 10. The maximum atomic E-state index is 9.42. The lowest BCUT2D eigenvalue weighted by atomic mass is 9.95. The quantitative estimate of drug-likeness (QED) is 0.429. The number of aliphatic imine (C=N–C) groups is 1. The number of ether oxygens (including phenoxy) is 2. The first-order valence-corrected chi connectivity index (χ1v) is 9.19. The number of nitrogen functional groups attached to an aromatic ring is 2. The van der Waals surface area contributed by atoms with Crippen molar-refractivity contribution in [2.45, 2.75) is 19.9 Å². The Morgan fingerprint density at radius 2 is 2.03 bits per heavy atom. The highest BCUT2D eigenvalue weighted by molar-refractivity contribution is 5.98. The molecule has 6 N–H and O–H groups in total. The van der Waals surface area contributed by atoms with Crippen LogP contribution in [0.2, 0.25) is 0 Å². The van der Waals surface area contributed by atoms with Gasteiger partial charge in [0, 0.05) is 5.56 Å². The molecule has 0 spiro atoms. The van der Waals surface area contributed by atoms with E-state index >= 15 is 0 Å². The van der Waals surface area contributed by atoms with Gasteiger partial charge in [-0.1, -0.05) is 19.9 Å². The van der Waals surface area contributed by atoms with Crippen molar-refractivity contribution < 1.29 is 9.47 Å². The summed E-state index contributed by atoms with van der Waals surface area (Å²) in [4.78, 5) is 8.77. The van der Waals surface area contributed by atoms with Crippen LogP contribution in [0.5, 0.6) is 11.5 Å². The summed E-state index contributed by atoms with van der Waals surface area (Å²) >= 11 is 0. The van der Waals surface area contributed by atoms with Crippen LogP contribution in [0, 0.1) is 28.7 Å². The maximum Gasteiger partial charge on any atom is 0.211 e. The molecule has 30 heavy (non-hydrogen) atoms. The Bertz CT molecular complexity index is 1080. The van der Waals surface area contributed by atoms with Crippen LogP contribution < -0.4 is 31.6 Å². The lowest BCUT2D eigenvalue weighted by molar-refractivity contribution is 0.256. The van der Waals surface area contributed by atoms with Crippen molar-refractivity contribution in [3.8, 4) is 23.8 Å². The molecule has 1 aromatic carbocycles. The molecular formula is C20H22N8O2. The van der Waals surface area contributed by atoms with Crippen molar-refractivity contribution in [3.05, 3.63) is 34.9 Å². The number of fused-ring (bicyclic) bond motifs is 1. The first-order valence-electron chi connectivity index (χ1n) is 9.19. The highest BCUT2D eigenvalue weighted by Gasteiger charge is 2.30. The van der Waals surface area contributed by atoms with Gasteiger partial charge in [0.2, 0.25) is 5.96 Å². The van der Waals surface area contributed by atoms with Crippen molar-refractivity contribution in [3.63, 3.8) is 0 Å². The van der Waals surface area contributed by atoms with Crippen molar-refractivity contribution in [2.24, 2.45) is 10.9 Å². The van der Waals surface area contributed by atoms with Crippen LogP contribution in [0.15, 0.2) is 23.2 Å². The summed E-state index contributed by atoms with van der Waals surface area (Å²) in [6.45, 7) is 4.65. The lowest BCUT2D eigenvalue weighted by Gasteiger charge is -2.26. The smallest absolute Gasteiger partial charge is 0.211 e. The van der Waals surface area contributed by atoms with E-state index in [-0.39, 0.29) is 23.0 Å². The molecule has 1 aromatic heterocycles. The third-order valence-corrected chi connectivity index (χ3v) is 4.43. The standard InChI is InChI=1S/C20H22N8O2/c1-10(2)8-30-13-5-4-11(6-14(13)29-3)17-15-16(23)12(7-21)18(24)27-19(15)28-20(26-17)25-9-22/h4-6,10,17H,8H2,1-3H3,(H6,23,24,25,26,27,28). The molecule has 0 aliphatic carbocycles. The van der Waals surface area contributed by atoms with Crippen molar-refractivity contribution in [1.29, 1.82) is 10.5 Å². The van der Waals surface area contributed by atoms with Gasteiger partial charge < -0.3 is 26.3 Å². The van der Waals surface area contributed by atoms with E-state index in [4.69, 9.17) is 26.2 Å². The fraction of sp³-hybridized carbons (Fsp3) is 0.300. The molecule has 3 rings (SSSR count). The number of nitrogens with one attached hydrogen (secondary N) is 2. The van der Waals surface area contributed by atoms with E-state index in [1.54, 1.807) is 19.2 Å². The third kappa shape index (κ3) is 3.84. The molecule has 10 nitrogen and oxygen atoms in total. The second kappa shape index (κ2) is 8.45. The minimum absolute atomic E-state index is 0.00628. The number of hydrogen-bond donors (Lipinski definition) is 4. The Labute approximate surface area is 174 Å². The summed E-state index contributed by atoms with van der Waals surface area (Å²) < 4.78 is 11.3. The fourth-order valence-corrected chi connectivity index (χ4v) is 3.05. The molecule has 10 heteroatoms. The molecule has 1 unspecified atom stereocenters. The number of nitrogens with two attached hydrogens (primary N) is 2. The summed E-state index contributed by atoms with van der Waals surface area (Å²) in [5.41, 5.74) is 13.6. The predicted molar refractivity (Wildman–Crippen MR) is 113 cm³/mol. The first-order chi connectivity index (χ1) is 14.4. The van der Waals surface area contributed by atoms with Crippen LogP contribution in [-0.4, -0.2) is 24.7 Å². The molecule has 1 aliphatic heterocycles. The summed E-state index contributed by atoms with van der Waals surface area (Å²) in [6, 6.07) is 6.73. The average Bonchev–Trinajstić information content (AvgIpc) is 2.71. The number of guanidine groups is 1. The van der Waals surface area contributed by atoms with Gasteiger partial charge in [-0.25, -0.2) is 9.98 Å². The Morgan fingerprint density at radius 3 is 2.67 bits per heavy atom. The van der Waals surface area contributed by atoms with Crippen molar-refractivity contribution in [2.75, 3.05) is 30.5 Å². The molecule has 0 radical (unpaired) electrons. The minimum atomic E-state index is -0.648. The van der Waals surface area contributed by atoms with Gasteiger partial charge in [-0.3, -0.25) is 5.32 Å². The molecule has 1 aliphatic rings. The number of anilines is 3. The Kier molecular flexibility index (Phi) is 5.79. The zero-order valence-electron chi connectivity index (χ0n) is 16.9. The summed E-state index contributed by atoms with van der Waals surface area (Å²) in [5, 5.41) is 23.8. The van der Waals surface area contributed by atoms with Gasteiger partial charge in [-0.05, 0) is 23.6 Å². The van der Waals surface area contributed by atoms with Crippen LogP contribution >= 0.6 is 0 Å². The summed E-state index contributed by atoms with van der Waals surface area (Å²) in [7, 11) is 1.55. The highest BCUT2D eigenvalue weighted by atomic mass is 16.5. The van der Waals surface area contributed by atoms with Gasteiger partial charge in [-0.2, -0.15) is 10.5 Å².